The molecule has 1 atom stereocenters. The Labute approximate surface area is 187 Å². The van der Waals surface area contributed by atoms with Crippen LogP contribution in [0.3, 0.4) is 0 Å². The van der Waals surface area contributed by atoms with Gasteiger partial charge in [-0.05, 0) is 65.9 Å². The van der Waals surface area contributed by atoms with Gasteiger partial charge < -0.3 is 5.32 Å². The highest BCUT2D eigenvalue weighted by atomic mass is 79.9. The lowest BCUT2D eigenvalue weighted by Crippen LogP contribution is -2.34. The Morgan fingerprint density at radius 3 is 2.83 bits per heavy atom. The monoisotopic (exact) mass is 483 g/mol. The van der Waals surface area contributed by atoms with E-state index in [2.05, 4.69) is 39.6 Å². The van der Waals surface area contributed by atoms with Crippen LogP contribution in [0.1, 0.15) is 39.7 Å². The quantitative estimate of drug-likeness (QED) is 0.452. The van der Waals surface area contributed by atoms with E-state index in [1.54, 1.807) is 17.4 Å². The van der Waals surface area contributed by atoms with Gasteiger partial charge in [0.15, 0.2) is 5.11 Å². The number of fused-ring (bicyclic) bond motifs is 2. The summed E-state index contributed by atoms with van der Waals surface area (Å²) in [5.74, 6) is 0.345. The first-order chi connectivity index (χ1) is 14.0. The first kappa shape index (κ1) is 20.0. The molecule has 0 unspecified atom stereocenters. The highest BCUT2D eigenvalue weighted by molar-refractivity contribution is 9.10. The fourth-order valence-corrected chi connectivity index (χ4v) is 5.85. The van der Waals surface area contributed by atoms with Gasteiger partial charge in [0.1, 0.15) is 11.1 Å². The van der Waals surface area contributed by atoms with Crippen LogP contribution in [0.15, 0.2) is 40.9 Å². The number of nitrogens with zero attached hydrogens (tertiary/aromatic N) is 1. The summed E-state index contributed by atoms with van der Waals surface area (Å²) in [5, 5.41) is 18.2. The second-order valence-electron chi connectivity index (χ2n) is 7.22. The smallest absolute Gasteiger partial charge is 0.258 e. The zero-order valence-electron chi connectivity index (χ0n) is 15.7. The summed E-state index contributed by atoms with van der Waals surface area (Å²) in [4.78, 5) is 14.1. The Balaban J connectivity index is 1.55. The van der Waals surface area contributed by atoms with Crippen molar-refractivity contribution in [3.63, 3.8) is 0 Å². The third-order valence-corrected chi connectivity index (χ3v) is 7.26. The van der Waals surface area contributed by atoms with Gasteiger partial charge in [-0.2, -0.15) is 5.26 Å². The van der Waals surface area contributed by atoms with E-state index in [4.69, 9.17) is 12.2 Å². The zero-order chi connectivity index (χ0) is 20.5. The second kappa shape index (κ2) is 8.23. The second-order valence-corrected chi connectivity index (χ2v) is 9.58. The average molecular weight is 484 g/mol. The highest BCUT2D eigenvalue weighted by Gasteiger charge is 2.24. The number of amides is 1. The van der Waals surface area contributed by atoms with Crippen LogP contribution < -0.4 is 10.6 Å². The van der Waals surface area contributed by atoms with Crippen molar-refractivity contribution in [2.75, 3.05) is 5.32 Å². The van der Waals surface area contributed by atoms with Crippen LogP contribution in [0.2, 0.25) is 0 Å². The van der Waals surface area contributed by atoms with E-state index < -0.39 is 0 Å². The Morgan fingerprint density at radius 2 is 2.03 bits per heavy atom. The maximum absolute atomic E-state index is 12.8. The molecule has 0 fully saturated rings. The number of hydrogen-bond acceptors (Lipinski definition) is 4. The van der Waals surface area contributed by atoms with Crippen molar-refractivity contribution in [2.45, 2.75) is 26.2 Å². The van der Waals surface area contributed by atoms with E-state index >= 15 is 0 Å². The lowest BCUT2D eigenvalue weighted by atomic mass is 9.89. The number of carbonyl (C=O) groups excluding carboxylic acids is 1. The first-order valence-electron chi connectivity index (χ1n) is 9.32. The molecule has 0 aliphatic heterocycles. The van der Waals surface area contributed by atoms with E-state index in [0.29, 0.717) is 17.0 Å². The maximum Gasteiger partial charge on any atom is 0.258 e. The van der Waals surface area contributed by atoms with Gasteiger partial charge in [-0.1, -0.05) is 47.1 Å². The number of carbonyl (C=O) groups is 1. The number of nitriles is 1. The normalized spacial score (nSPS) is 15.4. The van der Waals surface area contributed by atoms with Crippen LogP contribution >= 0.6 is 39.5 Å². The molecule has 1 aliphatic carbocycles. The van der Waals surface area contributed by atoms with Crippen LogP contribution in [0.25, 0.3) is 10.8 Å². The molecule has 4 rings (SSSR count). The van der Waals surface area contributed by atoms with E-state index in [1.807, 2.05) is 30.3 Å². The minimum atomic E-state index is -0.278. The van der Waals surface area contributed by atoms with E-state index in [1.165, 1.54) is 4.88 Å². The first-order valence-corrected chi connectivity index (χ1v) is 11.3. The van der Waals surface area contributed by atoms with Crippen LogP contribution in [0.5, 0.6) is 0 Å². The largest absolute Gasteiger partial charge is 0.323 e. The van der Waals surface area contributed by atoms with Crippen LogP contribution in [-0.2, 0) is 12.8 Å². The number of nitrogens with one attached hydrogen (secondary N) is 2. The molecule has 146 valence electrons. The third kappa shape index (κ3) is 3.93. The van der Waals surface area contributed by atoms with Gasteiger partial charge in [-0.15, -0.1) is 11.3 Å². The van der Waals surface area contributed by atoms with Crippen LogP contribution in [0, 0.1) is 17.2 Å². The maximum atomic E-state index is 12.8. The molecule has 1 aliphatic rings. The van der Waals surface area contributed by atoms with Crippen molar-refractivity contribution >= 4 is 66.3 Å². The molecule has 0 radical (unpaired) electrons. The molecule has 2 N–H and O–H groups in total. The number of rotatable bonds is 2. The number of thiocarbonyl (C=S) groups is 1. The molecule has 4 nitrogen and oxygen atoms in total. The van der Waals surface area contributed by atoms with Crippen LogP contribution in [0.4, 0.5) is 5.00 Å². The third-order valence-electron chi connectivity index (χ3n) is 5.19. The number of halogens is 1. The summed E-state index contributed by atoms with van der Waals surface area (Å²) in [6, 6.07) is 13.6. The summed E-state index contributed by atoms with van der Waals surface area (Å²) in [6.45, 7) is 2.23. The molecule has 0 spiro atoms. The van der Waals surface area contributed by atoms with Gasteiger partial charge in [0.25, 0.3) is 5.91 Å². The molecule has 2 aromatic carbocycles. The van der Waals surface area contributed by atoms with Crippen molar-refractivity contribution in [1.82, 2.24) is 5.32 Å². The number of thiophene rings is 1. The fourth-order valence-electron chi connectivity index (χ4n) is 3.73. The Bertz CT molecular complexity index is 1180. The number of benzene rings is 2. The van der Waals surface area contributed by atoms with Gasteiger partial charge >= 0.3 is 0 Å². The lowest BCUT2D eigenvalue weighted by Gasteiger charge is -2.17. The topological polar surface area (TPSA) is 64.9 Å². The summed E-state index contributed by atoms with van der Waals surface area (Å²) in [6.07, 6.45) is 3.00. The SMILES string of the molecule is C[C@@H]1CCc2c(sc(NC(=S)NC(=O)c3cccc4c(Br)cccc34)c2C#N)C1. The molecule has 0 bridgehead atoms. The molecule has 3 aromatic rings. The molecule has 0 saturated carbocycles. The summed E-state index contributed by atoms with van der Waals surface area (Å²) in [5.41, 5.74) is 2.33. The molecule has 1 aromatic heterocycles. The molecule has 1 heterocycles. The number of anilines is 1. The molecule has 1 amide bonds. The molecule has 29 heavy (non-hydrogen) atoms. The lowest BCUT2D eigenvalue weighted by molar-refractivity contribution is 0.0979. The molecule has 0 saturated heterocycles. The van der Waals surface area contributed by atoms with E-state index in [9.17, 15) is 10.1 Å². The molecular formula is C22H18BrN3OS2. The van der Waals surface area contributed by atoms with Crippen molar-refractivity contribution in [1.29, 1.82) is 5.26 Å². The fraction of sp³-hybridized carbons (Fsp3) is 0.227. The standard InChI is InChI=1S/C22H18BrN3OS2/c1-12-8-9-15-17(11-24)21(29-19(15)10-12)26-22(28)25-20(27)16-6-2-5-14-13(16)4-3-7-18(14)23/h2-7,12H,8-10H2,1H3,(H2,25,26,27,28)/t12-/m1/s1. The van der Waals surface area contributed by atoms with Crippen molar-refractivity contribution in [3.05, 3.63) is 62.4 Å². The average Bonchev–Trinajstić information content (AvgIpc) is 3.03. The molecular weight excluding hydrogens is 466 g/mol. The summed E-state index contributed by atoms with van der Waals surface area (Å²) < 4.78 is 0.933. The van der Waals surface area contributed by atoms with E-state index in [-0.39, 0.29) is 11.0 Å². The summed E-state index contributed by atoms with van der Waals surface area (Å²) in [7, 11) is 0. The Morgan fingerprint density at radius 1 is 1.28 bits per heavy atom. The predicted molar refractivity (Wildman–Crippen MR) is 126 cm³/mol. The highest BCUT2D eigenvalue weighted by Crippen LogP contribution is 2.39. The number of hydrogen-bond donors (Lipinski definition) is 2. The minimum Gasteiger partial charge on any atom is -0.323 e. The Hall–Kier alpha value is -2.27. The Kier molecular flexibility index (Phi) is 5.68. The van der Waals surface area contributed by atoms with Crippen molar-refractivity contribution in [2.24, 2.45) is 5.92 Å². The van der Waals surface area contributed by atoms with Gasteiger partial charge in [-0.3, -0.25) is 10.1 Å². The summed E-state index contributed by atoms with van der Waals surface area (Å²) >= 11 is 10.5. The van der Waals surface area contributed by atoms with Gasteiger partial charge in [-0.25, -0.2) is 0 Å². The van der Waals surface area contributed by atoms with Gasteiger partial charge in [0.05, 0.1) is 5.56 Å². The predicted octanol–water partition coefficient (Wildman–Crippen LogP) is 5.79. The zero-order valence-corrected chi connectivity index (χ0v) is 18.9. The minimum absolute atomic E-state index is 0.199. The van der Waals surface area contributed by atoms with Crippen LogP contribution in [-0.4, -0.2) is 11.0 Å². The van der Waals surface area contributed by atoms with Gasteiger partial charge in [0, 0.05) is 14.9 Å². The molecule has 7 heteroatoms. The van der Waals surface area contributed by atoms with Crippen molar-refractivity contribution in [3.8, 4) is 6.07 Å². The van der Waals surface area contributed by atoms with Crippen molar-refractivity contribution < 1.29 is 4.79 Å². The van der Waals surface area contributed by atoms with E-state index in [0.717, 1.165) is 45.1 Å². The van der Waals surface area contributed by atoms with Gasteiger partial charge in [0.2, 0.25) is 0 Å².